The quantitative estimate of drug-likeness (QED) is 0.590. The number of benzene rings is 1. The summed E-state index contributed by atoms with van der Waals surface area (Å²) in [6.45, 7) is 1.22. The Morgan fingerprint density at radius 3 is 2.35 bits per heavy atom. The van der Waals surface area contributed by atoms with Crippen LogP contribution in [0.15, 0.2) is 40.8 Å². The van der Waals surface area contributed by atoms with Crippen molar-refractivity contribution in [3.8, 4) is 17.3 Å². The molecule has 0 unspecified atom stereocenters. The van der Waals surface area contributed by atoms with Crippen LogP contribution >= 0.6 is 0 Å². The molecule has 162 valence electrons. The Morgan fingerprint density at radius 1 is 0.903 bits per heavy atom. The smallest absolute Gasteiger partial charge is 0.419 e. The first-order valence-electron chi connectivity index (χ1n) is 10.2. The lowest BCUT2D eigenvalue weighted by Gasteiger charge is -2.33. The highest BCUT2D eigenvalue weighted by molar-refractivity contribution is 5.49. The standard InChI is InChI=1S/C21H20F3N5O2/c22-21(23,24)15-3-1-2-4-17(15)30-14-9-11-29(12-10-14)18-8-7-16(25-26-18)20-28-27-19(31-20)13-5-6-13/h1-4,7-8,13-14H,5-6,9-12H2. The van der Waals surface area contributed by atoms with Crippen LogP contribution in [0.1, 0.15) is 43.1 Å². The van der Waals surface area contributed by atoms with Gasteiger partial charge in [-0.3, -0.25) is 0 Å². The summed E-state index contributed by atoms with van der Waals surface area (Å²) < 4.78 is 50.8. The van der Waals surface area contributed by atoms with Crippen molar-refractivity contribution in [2.75, 3.05) is 18.0 Å². The maximum Gasteiger partial charge on any atom is 0.419 e. The summed E-state index contributed by atoms with van der Waals surface area (Å²) in [5, 5.41) is 16.5. The molecule has 1 aliphatic heterocycles. The van der Waals surface area contributed by atoms with Crippen molar-refractivity contribution in [3.63, 3.8) is 0 Å². The summed E-state index contributed by atoms with van der Waals surface area (Å²) in [4.78, 5) is 2.04. The minimum atomic E-state index is -4.44. The molecule has 7 nitrogen and oxygen atoms in total. The van der Waals surface area contributed by atoms with Gasteiger partial charge in [-0.25, -0.2) is 0 Å². The zero-order chi connectivity index (χ0) is 21.4. The van der Waals surface area contributed by atoms with E-state index >= 15 is 0 Å². The first-order valence-corrected chi connectivity index (χ1v) is 10.2. The zero-order valence-corrected chi connectivity index (χ0v) is 16.5. The molecule has 1 aromatic carbocycles. The first kappa shape index (κ1) is 19.8. The molecule has 1 saturated carbocycles. The highest BCUT2D eigenvalue weighted by Gasteiger charge is 2.35. The number of hydrogen-bond acceptors (Lipinski definition) is 7. The maximum atomic E-state index is 13.2. The van der Waals surface area contributed by atoms with Crippen LogP contribution in [0, 0.1) is 0 Å². The number of nitrogens with zero attached hydrogens (tertiary/aromatic N) is 5. The molecule has 0 atom stereocenters. The summed E-state index contributed by atoms with van der Waals surface area (Å²) in [5.74, 6) is 1.95. The van der Waals surface area contributed by atoms with Crippen LogP contribution in [-0.4, -0.2) is 39.6 Å². The predicted molar refractivity (Wildman–Crippen MR) is 105 cm³/mol. The summed E-state index contributed by atoms with van der Waals surface area (Å²) >= 11 is 0. The fourth-order valence-electron chi connectivity index (χ4n) is 3.63. The Morgan fingerprint density at radius 2 is 1.68 bits per heavy atom. The van der Waals surface area contributed by atoms with Crippen LogP contribution in [0.5, 0.6) is 5.75 Å². The van der Waals surface area contributed by atoms with Crippen LogP contribution < -0.4 is 9.64 Å². The average molecular weight is 431 g/mol. The van der Waals surface area contributed by atoms with E-state index in [2.05, 4.69) is 20.4 Å². The van der Waals surface area contributed by atoms with E-state index < -0.39 is 11.7 Å². The number of alkyl halides is 3. The number of para-hydroxylation sites is 1. The lowest BCUT2D eigenvalue weighted by atomic mass is 10.1. The molecule has 2 fully saturated rings. The second kappa shape index (κ2) is 7.82. The van der Waals surface area contributed by atoms with E-state index in [1.165, 1.54) is 12.1 Å². The lowest BCUT2D eigenvalue weighted by Crippen LogP contribution is -2.39. The van der Waals surface area contributed by atoms with Crippen molar-refractivity contribution in [3.05, 3.63) is 47.9 Å². The zero-order valence-electron chi connectivity index (χ0n) is 16.5. The van der Waals surface area contributed by atoms with E-state index in [1.807, 2.05) is 11.0 Å². The van der Waals surface area contributed by atoms with E-state index in [0.29, 0.717) is 55.1 Å². The van der Waals surface area contributed by atoms with Gasteiger partial charge in [0.05, 0.1) is 5.56 Å². The van der Waals surface area contributed by atoms with Gasteiger partial charge in [0.1, 0.15) is 17.5 Å². The molecule has 0 bridgehead atoms. The van der Waals surface area contributed by atoms with Gasteiger partial charge in [-0.05, 0) is 37.1 Å². The molecule has 0 spiro atoms. The molecule has 0 N–H and O–H groups in total. The maximum absolute atomic E-state index is 13.2. The summed E-state index contributed by atoms with van der Waals surface area (Å²) in [6.07, 6.45) is -1.40. The van der Waals surface area contributed by atoms with Crippen molar-refractivity contribution < 1.29 is 22.3 Å². The molecular weight excluding hydrogens is 411 g/mol. The van der Waals surface area contributed by atoms with E-state index in [4.69, 9.17) is 9.15 Å². The van der Waals surface area contributed by atoms with Crippen molar-refractivity contribution >= 4 is 5.82 Å². The monoisotopic (exact) mass is 431 g/mol. The Balaban J connectivity index is 1.20. The van der Waals surface area contributed by atoms with Crippen LogP contribution in [0.2, 0.25) is 0 Å². The second-order valence-corrected chi connectivity index (χ2v) is 7.79. The molecule has 3 aromatic rings. The lowest BCUT2D eigenvalue weighted by molar-refractivity contribution is -0.139. The average Bonchev–Trinajstić information content (AvgIpc) is 3.51. The molecular formula is C21H20F3N5O2. The Labute approximate surface area is 176 Å². The Bertz CT molecular complexity index is 1040. The largest absolute Gasteiger partial charge is 0.490 e. The van der Waals surface area contributed by atoms with Gasteiger partial charge in [-0.2, -0.15) is 13.2 Å². The third kappa shape index (κ3) is 4.33. The third-order valence-electron chi connectivity index (χ3n) is 5.49. The summed E-state index contributed by atoms with van der Waals surface area (Å²) in [7, 11) is 0. The van der Waals surface area contributed by atoms with E-state index in [9.17, 15) is 13.2 Å². The van der Waals surface area contributed by atoms with Gasteiger partial charge in [0, 0.05) is 31.8 Å². The second-order valence-electron chi connectivity index (χ2n) is 7.79. The number of aromatic nitrogens is 4. The minimum absolute atomic E-state index is 0.122. The highest BCUT2D eigenvalue weighted by atomic mass is 19.4. The molecule has 0 amide bonds. The minimum Gasteiger partial charge on any atom is -0.490 e. The van der Waals surface area contributed by atoms with E-state index in [0.717, 1.165) is 18.9 Å². The van der Waals surface area contributed by atoms with Gasteiger partial charge in [0.2, 0.25) is 5.89 Å². The number of anilines is 1. The van der Waals surface area contributed by atoms with E-state index in [1.54, 1.807) is 12.1 Å². The van der Waals surface area contributed by atoms with Gasteiger partial charge >= 0.3 is 6.18 Å². The van der Waals surface area contributed by atoms with Gasteiger partial charge in [-0.1, -0.05) is 12.1 Å². The number of piperidine rings is 1. The first-order chi connectivity index (χ1) is 15.0. The number of rotatable bonds is 5. The van der Waals surface area contributed by atoms with Crippen LogP contribution in [0.3, 0.4) is 0 Å². The van der Waals surface area contributed by atoms with E-state index in [-0.39, 0.29) is 11.9 Å². The molecule has 31 heavy (non-hydrogen) atoms. The number of halogens is 3. The third-order valence-corrected chi connectivity index (χ3v) is 5.49. The molecule has 1 saturated heterocycles. The van der Waals surface area contributed by atoms with Gasteiger partial charge in [0.25, 0.3) is 5.89 Å². The number of hydrogen-bond donors (Lipinski definition) is 0. The number of ether oxygens (including phenoxy) is 1. The van der Waals surface area contributed by atoms with Gasteiger partial charge in [-0.15, -0.1) is 20.4 Å². The van der Waals surface area contributed by atoms with Gasteiger partial charge in [0.15, 0.2) is 5.82 Å². The molecule has 10 heteroatoms. The van der Waals surface area contributed by atoms with Crippen molar-refractivity contribution in [1.82, 2.24) is 20.4 Å². The van der Waals surface area contributed by atoms with Gasteiger partial charge < -0.3 is 14.1 Å². The molecule has 2 aliphatic rings. The summed E-state index contributed by atoms with van der Waals surface area (Å²) in [5.41, 5.74) is -0.227. The van der Waals surface area contributed by atoms with Crippen molar-refractivity contribution in [2.24, 2.45) is 0 Å². The summed E-state index contributed by atoms with van der Waals surface area (Å²) in [6, 6.07) is 8.94. The van der Waals surface area contributed by atoms with Crippen LogP contribution in [0.25, 0.3) is 11.6 Å². The predicted octanol–water partition coefficient (Wildman–Crippen LogP) is 4.47. The SMILES string of the molecule is FC(F)(F)c1ccccc1OC1CCN(c2ccc(-c3nnc(C4CC4)o3)nn2)CC1. The van der Waals surface area contributed by atoms with Crippen molar-refractivity contribution in [1.29, 1.82) is 0 Å². The molecule has 5 rings (SSSR count). The Hall–Kier alpha value is -3.17. The van der Waals surface area contributed by atoms with Crippen molar-refractivity contribution in [2.45, 2.75) is 43.9 Å². The fraction of sp³-hybridized carbons (Fsp3) is 0.429. The van der Waals surface area contributed by atoms with Crippen LogP contribution in [0.4, 0.5) is 19.0 Å². The van der Waals surface area contributed by atoms with Crippen LogP contribution in [-0.2, 0) is 6.18 Å². The Kier molecular flexibility index (Phi) is 4.99. The molecule has 2 aromatic heterocycles. The fourth-order valence-corrected chi connectivity index (χ4v) is 3.63. The normalized spacial score (nSPS) is 17.7. The molecule has 3 heterocycles. The topological polar surface area (TPSA) is 77.2 Å². The highest BCUT2D eigenvalue weighted by Crippen LogP contribution is 2.40. The molecule has 0 radical (unpaired) electrons. The molecule has 1 aliphatic carbocycles.